The lowest BCUT2D eigenvalue weighted by Crippen LogP contribution is -2.20. The number of carbonyl (C=O) groups excluding carboxylic acids is 1. The van der Waals surface area contributed by atoms with Gasteiger partial charge in [-0.3, -0.25) is 0 Å². The van der Waals surface area contributed by atoms with E-state index in [-0.39, 0.29) is 5.97 Å². The van der Waals surface area contributed by atoms with Crippen molar-refractivity contribution in [2.45, 2.75) is 6.42 Å². The Bertz CT molecular complexity index is 609. The number of benzene rings is 1. The number of aromatic nitrogens is 1. The molecule has 0 atom stereocenters. The monoisotopic (exact) mass is 240 g/mol. The summed E-state index contributed by atoms with van der Waals surface area (Å²) in [5, 5.41) is 0. The second kappa shape index (κ2) is 4.14. The number of hydrogen-bond acceptors (Lipinski definition) is 4. The van der Waals surface area contributed by atoms with Gasteiger partial charge in [-0.1, -0.05) is 30.3 Å². The van der Waals surface area contributed by atoms with E-state index in [0.29, 0.717) is 30.1 Å². The minimum Gasteiger partial charge on any atom is -0.462 e. The number of nitrogens with two attached hydrogens (primary N) is 1. The molecule has 0 unspecified atom stereocenters. The number of hydrogen-bond donors (Lipinski definition) is 1. The number of pyridine rings is 1. The molecule has 1 aliphatic heterocycles. The first kappa shape index (κ1) is 10.8. The molecule has 18 heavy (non-hydrogen) atoms. The summed E-state index contributed by atoms with van der Waals surface area (Å²) in [6.07, 6.45) is 0.688. The molecule has 0 fully saturated rings. The van der Waals surface area contributed by atoms with Crippen LogP contribution in [0.1, 0.15) is 15.9 Å². The average molecular weight is 240 g/mol. The second-order valence-electron chi connectivity index (χ2n) is 4.18. The summed E-state index contributed by atoms with van der Waals surface area (Å²) in [6.45, 7) is 0.406. The van der Waals surface area contributed by atoms with E-state index in [1.165, 1.54) is 0 Å². The van der Waals surface area contributed by atoms with Crippen molar-refractivity contribution in [2.75, 3.05) is 12.3 Å². The molecule has 3 rings (SSSR count). The average Bonchev–Trinajstić information content (AvgIpc) is 2.39. The quantitative estimate of drug-likeness (QED) is 0.775. The molecule has 4 heteroatoms. The zero-order chi connectivity index (χ0) is 12.5. The van der Waals surface area contributed by atoms with Gasteiger partial charge in [0.15, 0.2) is 0 Å². The predicted octanol–water partition coefficient (Wildman–Crippen LogP) is 2.04. The zero-order valence-electron chi connectivity index (χ0n) is 9.72. The van der Waals surface area contributed by atoms with E-state index in [1.54, 1.807) is 6.07 Å². The van der Waals surface area contributed by atoms with Gasteiger partial charge in [-0.15, -0.1) is 0 Å². The molecule has 0 radical (unpaired) electrons. The minimum atomic E-state index is -0.317. The Morgan fingerprint density at radius 1 is 1.22 bits per heavy atom. The molecule has 90 valence electrons. The molecule has 4 nitrogen and oxygen atoms in total. The van der Waals surface area contributed by atoms with E-state index in [9.17, 15) is 4.79 Å². The SMILES string of the molecule is Nc1cc2c(c(-c3ccccc3)n1)C(=O)OCC2. The van der Waals surface area contributed by atoms with Gasteiger partial charge in [0.25, 0.3) is 0 Å². The third-order valence-electron chi connectivity index (χ3n) is 2.98. The highest BCUT2D eigenvalue weighted by Crippen LogP contribution is 2.29. The molecule has 0 saturated heterocycles. The lowest BCUT2D eigenvalue weighted by molar-refractivity contribution is 0.0481. The van der Waals surface area contributed by atoms with Crippen molar-refractivity contribution < 1.29 is 9.53 Å². The predicted molar refractivity (Wildman–Crippen MR) is 68.1 cm³/mol. The standard InChI is InChI=1S/C14H12N2O2/c15-11-8-10-6-7-18-14(17)12(10)13(16-11)9-4-2-1-3-5-9/h1-5,8H,6-7H2,(H2,15,16). The van der Waals surface area contributed by atoms with E-state index >= 15 is 0 Å². The molecule has 1 aromatic carbocycles. The maximum absolute atomic E-state index is 11.9. The minimum absolute atomic E-state index is 0.317. The Morgan fingerprint density at radius 3 is 2.78 bits per heavy atom. The van der Waals surface area contributed by atoms with Crippen molar-refractivity contribution in [1.82, 2.24) is 4.98 Å². The fraction of sp³-hybridized carbons (Fsp3) is 0.143. The van der Waals surface area contributed by atoms with Crippen molar-refractivity contribution in [2.24, 2.45) is 0 Å². The Labute approximate surface area is 104 Å². The largest absolute Gasteiger partial charge is 0.462 e. The van der Waals surface area contributed by atoms with Crippen LogP contribution in [0.3, 0.4) is 0 Å². The van der Waals surface area contributed by atoms with Crippen LogP contribution in [0.25, 0.3) is 11.3 Å². The van der Waals surface area contributed by atoms with Gasteiger partial charge in [-0.25, -0.2) is 9.78 Å². The third kappa shape index (κ3) is 1.72. The molecule has 1 aromatic heterocycles. The molecule has 0 aliphatic carbocycles. The summed E-state index contributed by atoms with van der Waals surface area (Å²) < 4.78 is 5.09. The zero-order valence-corrected chi connectivity index (χ0v) is 9.72. The molecular formula is C14H12N2O2. The van der Waals surface area contributed by atoms with E-state index in [4.69, 9.17) is 10.5 Å². The molecule has 0 bridgehead atoms. The number of esters is 1. The summed E-state index contributed by atoms with van der Waals surface area (Å²) >= 11 is 0. The van der Waals surface area contributed by atoms with Gasteiger partial charge in [-0.05, 0) is 11.6 Å². The second-order valence-corrected chi connectivity index (χ2v) is 4.18. The summed E-state index contributed by atoms with van der Waals surface area (Å²) in [7, 11) is 0. The number of nitrogen functional groups attached to an aromatic ring is 1. The first-order valence-electron chi connectivity index (χ1n) is 5.77. The highest BCUT2D eigenvalue weighted by Gasteiger charge is 2.24. The van der Waals surface area contributed by atoms with Crippen LogP contribution in [-0.2, 0) is 11.2 Å². The Kier molecular flexibility index (Phi) is 2.48. The van der Waals surface area contributed by atoms with Gasteiger partial charge >= 0.3 is 5.97 Å². The van der Waals surface area contributed by atoms with Crippen molar-refractivity contribution in [3.05, 3.63) is 47.5 Å². The first-order valence-corrected chi connectivity index (χ1v) is 5.77. The Hall–Kier alpha value is -2.36. The number of cyclic esters (lactones) is 1. The van der Waals surface area contributed by atoms with Crippen LogP contribution < -0.4 is 5.73 Å². The van der Waals surface area contributed by atoms with Gasteiger partial charge < -0.3 is 10.5 Å². The summed E-state index contributed by atoms with van der Waals surface area (Å²) in [5.41, 5.74) is 8.74. The van der Waals surface area contributed by atoms with E-state index in [2.05, 4.69) is 4.98 Å². The van der Waals surface area contributed by atoms with E-state index in [0.717, 1.165) is 11.1 Å². The van der Waals surface area contributed by atoms with Crippen molar-refractivity contribution in [3.8, 4) is 11.3 Å². The van der Waals surface area contributed by atoms with E-state index < -0.39 is 0 Å². The van der Waals surface area contributed by atoms with E-state index in [1.807, 2.05) is 30.3 Å². The van der Waals surface area contributed by atoms with Crippen LogP contribution in [0.15, 0.2) is 36.4 Å². The van der Waals surface area contributed by atoms with Crippen LogP contribution in [0, 0.1) is 0 Å². The third-order valence-corrected chi connectivity index (χ3v) is 2.98. The molecule has 1 aliphatic rings. The van der Waals surface area contributed by atoms with Crippen molar-refractivity contribution in [1.29, 1.82) is 0 Å². The van der Waals surface area contributed by atoms with Gasteiger partial charge in [0.2, 0.25) is 0 Å². The first-order chi connectivity index (χ1) is 8.75. The maximum Gasteiger partial charge on any atom is 0.340 e. The summed E-state index contributed by atoms with van der Waals surface area (Å²) in [5.74, 6) is 0.116. The number of nitrogens with zero attached hydrogens (tertiary/aromatic N) is 1. The molecule has 0 saturated carbocycles. The van der Waals surface area contributed by atoms with Crippen LogP contribution >= 0.6 is 0 Å². The Morgan fingerprint density at radius 2 is 2.00 bits per heavy atom. The maximum atomic E-state index is 11.9. The van der Waals surface area contributed by atoms with Crippen LogP contribution in [-0.4, -0.2) is 17.6 Å². The van der Waals surface area contributed by atoms with Crippen LogP contribution in [0.2, 0.25) is 0 Å². The highest BCUT2D eigenvalue weighted by molar-refractivity contribution is 5.98. The van der Waals surface area contributed by atoms with Crippen molar-refractivity contribution >= 4 is 11.8 Å². The number of carbonyl (C=O) groups is 1. The molecule has 2 aromatic rings. The van der Waals surface area contributed by atoms with Crippen molar-refractivity contribution in [3.63, 3.8) is 0 Å². The topological polar surface area (TPSA) is 65.2 Å². The molecular weight excluding hydrogens is 228 g/mol. The number of rotatable bonds is 1. The molecule has 0 spiro atoms. The molecule has 2 heterocycles. The Balaban J connectivity index is 2.26. The fourth-order valence-electron chi connectivity index (χ4n) is 2.18. The number of ether oxygens (including phenoxy) is 1. The lowest BCUT2D eigenvalue weighted by atomic mass is 9.97. The van der Waals surface area contributed by atoms with Crippen LogP contribution in [0.4, 0.5) is 5.82 Å². The van der Waals surface area contributed by atoms with Gasteiger partial charge in [-0.2, -0.15) is 0 Å². The van der Waals surface area contributed by atoms with Gasteiger partial charge in [0.05, 0.1) is 17.9 Å². The van der Waals surface area contributed by atoms with Gasteiger partial charge in [0, 0.05) is 12.0 Å². The highest BCUT2D eigenvalue weighted by atomic mass is 16.5. The van der Waals surface area contributed by atoms with Crippen LogP contribution in [0.5, 0.6) is 0 Å². The fourth-order valence-corrected chi connectivity index (χ4v) is 2.18. The normalized spacial score (nSPS) is 13.9. The summed E-state index contributed by atoms with van der Waals surface area (Å²) in [4.78, 5) is 16.2. The number of anilines is 1. The molecule has 0 amide bonds. The van der Waals surface area contributed by atoms with Gasteiger partial charge in [0.1, 0.15) is 5.82 Å². The number of fused-ring (bicyclic) bond motifs is 1. The smallest absolute Gasteiger partial charge is 0.340 e. The lowest BCUT2D eigenvalue weighted by Gasteiger charge is -2.18. The summed E-state index contributed by atoms with van der Waals surface area (Å²) in [6, 6.07) is 11.3. The molecule has 2 N–H and O–H groups in total.